The second-order valence-corrected chi connectivity index (χ2v) is 4.48. The van der Waals surface area contributed by atoms with Crippen LogP contribution in [0.1, 0.15) is 32.6 Å². The van der Waals surface area contributed by atoms with Gasteiger partial charge in [0.15, 0.2) is 0 Å². The highest BCUT2D eigenvalue weighted by Crippen LogP contribution is 2.29. The molecule has 0 radical (unpaired) electrons. The van der Waals surface area contributed by atoms with Gasteiger partial charge in [0.2, 0.25) is 5.91 Å². The largest absolute Gasteiger partial charge is 0.384 e. The van der Waals surface area contributed by atoms with Crippen molar-refractivity contribution in [2.24, 2.45) is 5.92 Å². The van der Waals surface area contributed by atoms with Gasteiger partial charge in [0, 0.05) is 12.5 Å². The topological polar surface area (TPSA) is 54.0 Å². The molecule has 1 aromatic rings. The first-order valence-corrected chi connectivity index (χ1v) is 6.30. The summed E-state index contributed by atoms with van der Waals surface area (Å²) in [6, 6.07) is 3.79. The van der Waals surface area contributed by atoms with E-state index in [1.165, 1.54) is 6.42 Å². The van der Waals surface area contributed by atoms with E-state index in [0.29, 0.717) is 5.82 Å². The molecule has 0 unspecified atom stereocenters. The minimum absolute atomic E-state index is 0.101. The number of carbonyl (C=O) groups excluding carboxylic acids is 1. The Kier molecular flexibility index (Phi) is 3.96. The third-order valence-electron chi connectivity index (χ3n) is 2.82. The highest BCUT2D eigenvalue weighted by Gasteiger charge is 2.29. The summed E-state index contributed by atoms with van der Waals surface area (Å²) in [7, 11) is 0. The van der Waals surface area contributed by atoms with Crippen molar-refractivity contribution in [3.63, 3.8) is 0 Å². The molecule has 17 heavy (non-hydrogen) atoms. The number of amides is 1. The molecule has 1 aliphatic carbocycles. The van der Waals surface area contributed by atoms with Gasteiger partial charge in [-0.3, -0.25) is 4.79 Å². The van der Waals surface area contributed by atoms with Crippen LogP contribution in [0.25, 0.3) is 0 Å². The predicted octanol–water partition coefficient (Wildman–Crippen LogP) is 2.64. The van der Waals surface area contributed by atoms with Gasteiger partial charge in [-0.25, -0.2) is 4.98 Å². The summed E-state index contributed by atoms with van der Waals surface area (Å²) in [4.78, 5) is 15.7. The molecule has 0 aromatic carbocycles. The number of unbranched alkanes of at least 4 members (excludes halogenated alkanes) is 1. The van der Waals surface area contributed by atoms with Crippen LogP contribution in [0.4, 0.5) is 11.5 Å². The molecule has 1 heterocycles. The molecule has 0 aliphatic heterocycles. The van der Waals surface area contributed by atoms with E-state index in [1.807, 2.05) is 12.1 Å². The highest BCUT2D eigenvalue weighted by molar-refractivity contribution is 5.93. The van der Waals surface area contributed by atoms with Gasteiger partial charge in [0.1, 0.15) is 5.82 Å². The van der Waals surface area contributed by atoms with Gasteiger partial charge < -0.3 is 10.6 Å². The van der Waals surface area contributed by atoms with Gasteiger partial charge >= 0.3 is 0 Å². The maximum absolute atomic E-state index is 11.5. The van der Waals surface area contributed by atoms with Crippen LogP contribution in [-0.2, 0) is 4.79 Å². The Morgan fingerprint density at radius 1 is 1.47 bits per heavy atom. The Morgan fingerprint density at radius 2 is 2.29 bits per heavy atom. The summed E-state index contributed by atoms with van der Waals surface area (Å²) in [5, 5.41) is 6.11. The van der Waals surface area contributed by atoms with E-state index < -0.39 is 0 Å². The average Bonchev–Trinajstić information content (AvgIpc) is 3.16. The molecule has 92 valence electrons. The van der Waals surface area contributed by atoms with Gasteiger partial charge in [0.25, 0.3) is 0 Å². The van der Waals surface area contributed by atoms with Gasteiger partial charge in [-0.2, -0.15) is 0 Å². The molecule has 0 atom stereocenters. The lowest BCUT2D eigenvalue weighted by molar-refractivity contribution is -0.117. The molecule has 0 bridgehead atoms. The zero-order valence-electron chi connectivity index (χ0n) is 10.2. The number of hydrogen-bond acceptors (Lipinski definition) is 3. The Balaban J connectivity index is 1.82. The van der Waals surface area contributed by atoms with E-state index in [1.54, 1.807) is 6.20 Å². The van der Waals surface area contributed by atoms with Crippen molar-refractivity contribution < 1.29 is 4.79 Å². The van der Waals surface area contributed by atoms with Gasteiger partial charge in [0.05, 0.1) is 11.9 Å². The average molecular weight is 233 g/mol. The normalized spacial score (nSPS) is 14.4. The number of pyridine rings is 1. The van der Waals surface area contributed by atoms with Crippen LogP contribution in [0.5, 0.6) is 0 Å². The van der Waals surface area contributed by atoms with Crippen LogP contribution < -0.4 is 10.6 Å². The molecule has 4 nitrogen and oxygen atoms in total. The van der Waals surface area contributed by atoms with Crippen molar-refractivity contribution in [1.82, 2.24) is 4.98 Å². The third-order valence-corrected chi connectivity index (χ3v) is 2.82. The second kappa shape index (κ2) is 5.66. The molecule has 1 amide bonds. The van der Waals surface area contributed by atoms with Gasteiger partial charge in [-0.1, -0.05) is 13.3 Å². The summed E-state index contributed by atoms with van der Waals surface area (Å²) in [6.07, 6.45) is 6.12. The number of anilines is 2. The Hall–Kier alpha value is -1.58. The molecule has 0 saturated heterocycles. The maximum atomic E-state index is 11.5. The van der Waals surface area contributed by atoms with Crippen molar-refractivity contribution in [1.29, 1.82) is 0 Å². The van der Waals surface area contributed by atoms with E-state index in [0.717, 1.165) is 31.5 Å². The first-order valence-electron chi connectivity index (χ1n) is 6.30. The Labute approximate surface area is 102 Å². The van der Waals surface area contributed by atoms with Crippen LogP contribution in [-0.4, -0.2) is 17.4 Å². The summed E-state index contributed by atoms with van der Waals surface area (Å²) in [6.45, 7) is 3.13. The molecule has 1 aliphatic rings. The second-order valence-electron chi connectivity index (χ2n) is 4.48. The Bertz CT molecular complexity index is 371. The minimum Gasteiger partial charge on any atom is -0.384 e. The molecular weight excluding hydrogens is 214 g/mol. The molecule has 1 fully saturated rings. The summed E-state index contributed by atoms with van der Waals surface area (Å²) < 4.78 is 0. The number of carbonyl (C=O) groups is 1. The van der Waals surface area contributed by atoms with Crippen molar-refractivity contribution in [2.75, 3.05) is 17.2 Å². The fourth-order valence-corrected chi connectivity index (χ4v) is 1.56. The molecule has 2 rings (SSSR count). The van der Waals surface area contributed by atoms with Crippen molar-refractivity contribution in [3.05, 3.63) is 18.3 Å². The van der Waals surface area contributed by atoms with Crippen LogP contribution in [0.2, 0.25) is 0 Å². The maximum Gasteiger partial charge on any atom is 0.228 e. The van der Waals surface area contributed by atoms with Crippen molar-refractivity contribution >= 4 is 17.4 Å². The molecular formula is C13H19N3O. The number of nitrogens with one attached hydrogen (secondary N) is 2. The fourth-order valence-electron chi connectivity index (χ4n) is 1.56. The van der Waals surface area contributed by atoms with E-state index >= 15 is 0 Å². The lowest BCUT2D eigenvalue weighted by Gasteiger charge is -2.06. The van der Waals surface area contributed by atoms with Crippen LogP contribution >= 0.6 is 0 Å². The molecule has 4 heteroatoms. The smallest absolute Gasteiger partial charge is 0.228 e. The van der Waals surface area contributed by atoms with E-state index in [2.05, 4.69) is 22.5 Å². The molecule has 2 N–H and O–H groups in total. The van der Waals surface area contributed by atoms with Crippen LogP contribution in [0.3, 0.4) is 0 Å². The Morgan fingerprint density at radius 3 is 2.88 bits per heavy atom. The third kappa shape index (κ3) is 3.73. The lowest BCUT2D eigenvalue weighted by atomic mass is 10.3. The first kappa shape index (κ1) is 11.9. The standard InChI is InChI=1S/C13H19N3O/c1-2-3-8-14-11-6-7-12(15-9-11)16-13(17)10-4-5-10/h6-7,9-10,14H,2-5,8H2,1H3,(H,15,16,17). The minimum atomic E-state index is 0.101. The van der Waals surface area contributed by atoms with Crippen molar-refractivity contribution in [3.8, 4) is 0 Å². The number of aromatic nitrogens is 1. The highest BCUT2D eigenvalue weighted by atomic mass is 16.2. The SMILES string of the molecule is CCCCNc1ccc(NC(=O)C2CC2)nc1. The van der Waals surface area contributed by atoms with E-state index in [-0.39, 0.29) is 11.8 Å². The number of rotatable bonds is 6. The van der Waals surface area contributed by atoms with Gasteiger partial charge in [-0.15, -0.1) is 0 Å². The van der Waals surface area contributed by atoms with Crippen LogP contribution in [0.15, 0.2) is 18.3 Å². The van der Waals surface area contributed by atoms with E-state index in [4.69, 9.17) is 0 Å². The molecule has 1 aromatic heterocycles. The quantitative estimate of drug-likeness (QED) is 0.743. The fraction of sp³-hybridized carbons (Fsp3) is 0.538. The zero-order valence-corrected chi connectivity index (χ0v) is 10.2. The number of nitrogens with zero attached hydrogens (tertiary/aromatic N) is 1. The summed E-state index contributed by atoms with van der Waals surface area (Å²) in [5.41, 5.74) is 1.00. The van der Waals surface area contributed by atoms with Crippen molar-refractivity contribution in [2.45, 2.75) is 32.6 Å². The van der Waals surface area contributed by atoms with Crippen LogP contribution in [0, 0.1) is 5.92 Å². The molecule has 1 saturated carbocycles. The first-order chi connectivity index (χ1) is 8.29. The predicted molar refractivity (Wildman–Crippen MR) is 69.0 cm³/mol. The zero-order chi connectivity index (χ0) is 12.1. The van der Waals surface area contributed by atoms with Gasteiger partial charge in [-0.05, 0) is 31.4 Å². The van der Waals surface area contributed by atoms with E-state index in [9.17, 15) is 4.79 Å². The summed E-state index contributed by atoms with van der Waals surface area (Å²) >= 11 is 0. The monoisotopic (exact) mass is 233 g/mol. The lowest BCUT2D eigenvalue weighted by Crippen LogP contribution is -2.14. The number of hydrogen-bond donors (Lipinski definition) is 2. The molecule has 0 spiro atoms. The summed E-state index contributed by atoms with van der Waals surface area (Å²) in [5.74, 6) is 0.964.